The molecule has 176 valence electrons. The Morgan fingerprint density at radius 2 is 1.91 bits per heavy atom. The number of nitrogens with zero attached hydrogens (tertiary/aromatic N) is 1. The topological polar surface area (TPSA) is 131 Å². The van der Waals surface area contributed by atoms with Crippen molar-refractivity contribution in [3.63, 3.8) is 0 Å². The van der Waals surface area contributed by atoms with Crippen molar-refractivity contribution in [2.45, 2.75) is 70.7 Å². The van der Waals surface area contributed by atoms with Crippen molar-refractivity contribution in [1.29, 1.82) is 0 Å². The molecule has 32 heavy (non-hydrogen) atoms. The third-order valence-corrected chi connectivity index (χ3v) is 7.46. The van der Waals surface area contributed by atoms with Gasteiger partial charge in [-0.05, 0) is 64.7 Å². The van der Waals surface area contributed by atoms with Crippen molar-refractivity contribution in [3.05, 3.63) is 12.2 Å². The van der Waals surface area contributed by atoms with E-state index in [2.05, 4.69) is 22.8 Å². The maximum Gasteiger partial charge on any atom is 0.411 e. The molecule has 8 atom stereocenters. The standard InChI is InChI=1S/C23H34N4O5/c1-11-16-12-5-6-13(9-12)17(16)18(27(11)22(31)32-23(2,3)4)21(30)26-15(19(24)28)10-14-7-8-25-20(14)29/h5-6,11-18H,7-10H2,1-4H3,(H2,24,28)(H,25,29)(H,26,30)/t11-,12+,13-,14-,15-,16+,17-,18-/m0/s1. The van der Waals surface area contributed by atoms with Gasteiger partial charge in [0.15, 0.2) is 0 Å². The van der Waals surface area contributed by atoms with Crippen LogP contribution >= 0.6 is 0 Å². The maximum absolute atomic E-state index is 13.6. The Bertz CT molecular complexity index is 850. The number of carbonyl (C=O) groups is 4. The van der Waals surface area contributed by atoms with Crippen LogP contribution in [0.25, 0.3) is 0 Å². The number of nitrogens with two attached hydrogens (primary N) is 1. The van der Waals surface area contributed by atoms with Crippen LogP contribution in [-0.2, 0) is 19.1 Å². The number of fused-ring (bicyclic) bond motifs is 5. The summed E-state index contributed by atoms with van der Waals surface area (Å²) in [5.41, 5.74) is 4.88. The Hall–Kier alpha value is -2.58. The highest BCUT2D eigenvalue weighted by Gasteiger charge is 2.61. The lowest BCUT2D eigenvalue weighted by atomic mass is 9.79. The second kappa shape index (κ2) is 8.08. The van der Waals surface area contributed by atoms with Crippen molar-refractivity contribution >= 4 is 23.8 Å². The van der Waals surface area contributed by atoms with Crippen molar-refractivity contribution in [3.8, 4) is 0 Å². The van der Waals surface area contributed by atoms with Crippen LogP contribution in [0.15, 0.2) is 12.2 Å². The van der Waals surface area contributed by atoms with Crippen LogP contribution in [0.2, 0.25) is 0 Å². The molecule has 4 N–H and O–H groups in total. The smallest absolute Gasteiger partial charge is 0.411 e. The monoisotopic (exact) mass is 446 g/mol. The van der Waals surface area contributed by atoms with E-state index in [9.17, 15) is 19.2 Å². The molecule has 4 rings (SSSR count). The van der Waals surface area contributed by atoms with Gasteiger partial charge in [0.1, 0.15) is 17.7 Å². The normalized spacial score (nSPS) is 36.1. The van der Waals surface area contributed by atoms with E-state index in [0.717, 1.165) is 6.42 Å². The van der Waals surface area contributed by atoms with Crippen LogP contribution < -0.4 is 16.4 Å². The summed E-state index contributed by atoms with van der Waals surface area (Å²) in [5, 5.41) is 5.52. The van der Waals surface area contributed by atoms with Gasteiger partial charge in [-0.1, -0.05) is 12.2 Å². The molecule has 1 saturated carbocycles. The Morgan fingerprint density at radius 1 is 1.25 bits per heavy atom. The zero-order valence-electron chi connectivity index (χ0n) is 19.2. The Kier molecular flexibility index (Phi) is 5.71. The summed E-state index contributed by atoms with van der Waals surface area (Å²) >= 11 is 0. The fourth-order valence-corrected chi connectivity index (χ4v) is 6.20. The zero-order valence-corrected chi connectivity index (χ0v) is 19.2. The van der Waals surface area contributed by atoms with Crippen LogP contribution in [0.5, 0.6) is 0 Å². The van der Waals surface area contributed by atoms with E-state index in [1.165, 1.54) is 0 Å². The fraction of sp³-hybridized carbons (Fsp3) is 0.739. The first-order chi connectivity index (χ1) is 15.0. The lowest BCUT2D eigenvalue weighted by Crippen LogP contribution is -2.56. The summed E-state index contributed by atoms with van der Waals surface area (Å²) in [6.07, 6.45) is 5.55. The second-order valence-electron chi connectivity index (χ2n) is 10.7. The first-order valence-electron chi connectivity index (χ1n) is 11.5. The van der Waals surface area contributed by atoms with Gasteiger partial charge in [-0.3, -0.25) is 19.3 Å². The van der Waals surface area contributed by atoms with Gasteiger partial charge in [0.05, 0.1) is 0 Å². The van der Waals surface area contributed by atoms with Crippen molar-refractivity contribution in [2.24, 2.45) is 35.3 Å². The number of primary amides is 1. The van der Waals surface area contributed by atoms with E-state index in [1.54, 1.807) is 25.7 Å². The number of hydrogen-bond donors (Lipinski definition) is 3. The van der Waals surface area contributed by atoms with E-state index < -0.39 is 35.6 Å². The average Bonchev–Trinajstić information content (AvgIpc) is 3.43. The lowest BCUT2D eigenvalue weighted by Gasteiger charge is -2.33. The van der Waals surface area contributed by atoms with Crippen molar-refractivity contribution in [1.82, 2.24) is 15.5 Å². The van der Waals surface area contributed by atoms with Gasteiger partial charge in [-0.25, -0.2) is 4.79 Å². The number of allylic oxidation sites excluding steroid dienone is 2. The van der Waals surface area contributed by atoms with Crippen LogP contribution in [0.1, 0.15) is 47.0 Å². The number of rotatable bonds is 5. The van der Waals surface area contributed by atoms with E-state index in [4.69, 9.17) is 10.5 Å². The van der Waals surface area contributed by atoms with Crippen molar-refractivity contribution < 1.29 is 23.9 Å². The molecule has 2 saturated heterocycles. The molecule has 2 bridgehead atoms. The van der Waals surface area contributed by atoms with Gasteiger partial charge in [0, 0.05) is 24.4 Å². The highest BCUT2D eigenvalue weighted by molar-refractivity contribution is 5.92. The van der Waals surface area contributed by atoms with Crippen LogP contribution in [0.3, 0.4) is 0 Å². The minimum Gasteiger partial charge on any atom is -0.444 e. The Morgan fingerprint density at radius 3 is 2.47 bits per heavy atom. The average molecular weight is 447 g/mol. The molecule has 2 aliphatic heterocycles. The largest absolute Gasteiger partial charge is 0.444 e. The number of carbonyl (C=O) groups excluding carboxylic acids is 4. The van der Waals surface area contributed by atoms with E-state index >= 15 is 0 Å². The Balaban J connectivity index is 1.57. The molecule has 0 aromatic rings. The first-order valence-corrected chi connectivity index (χ1v) is 11.5. The highest BCUT2D eigenvalue weighted by Crippen LogP contribution is 2.56. The number of nitrogens with one attached hydrogen (secondary N) is 2. The molecule has 4 aliphatic rings. The van der Waals surface area contributed by atoms with Crippen LogP contribution in [-0.4, -0.2) is 59.0 Å². The molecule has 0 radical (unpaired) electrons. The number of likely N-dealkylation sites (tertiary alicyclic amines) is 1. The molecular weight excluding hydrogens is 412 g/mol. The summed E-state index contributed by atoms with van der Waals surface area (Å²) in [7, 11) is 0. The van der Waals surface area contributed by atoms with Crippen LogP contribution in [0.4, 0.5) is 4.79 Å². The molecule has 9 heteroatoms. The summed E-state index contributed by atoms with van der Waals surface area (Å²) < 4.78 is 5.64. The van der Waals surface area contributed by atoms with E-state index in [0.29, 0.717) is 18.9 Å². The van der Waals surface area contributed by atoms with E-state index in [-0.39, 0.29) is 42.0 Å². The summed E-state index contributed by atoms with van der Waals surface area (Å²) in [6.45, 7) is 7.90. The quantitative estimate of drug-likeness (QED) is 0.541. The third kappa shape index (κ3) is 3.97. The predicted molar refractivity (Wildman–Crippen MR) is 116 cm³/mol. The van der Waals surface area contributed by atoms with Crippen LogP contribution in [0, 0.1) is 29.6 Å². The van der Waals surface area contributed by atoms with Gasteiger partial charge in [0.2, 0.25) is 17.7 Å². The molecule has 4 amide bonds. The molecular formula is C23H34N4O5. The molecule has 3 fully saturated rings. The summed E-state index contributed by atoms with van der Waals surface area (Å²) in [5.74, 6) is -0.906. The maximum atomic E-state index is 13.6. The van der Waals surface area contributed by atoms with E-state index in [1.807, 2.05) is 6.92 Å². The molecule has 2 aliphatic carbocycles. The second-order valence-corrected chi connectivity index (χ2v) is 10.7. The predicted octanol–water partition coefficient (Wildman–Crippen LogP) is 0.929. The van der Waals surface area contributed by atoms with Gasteiger partial charge in [-0.2, -0.15) is 0 Å². The molecule has 2 heterocycles. The third-order valence-electron chi connectivity index (χ3n) is 7.46. The minimum absolute atomic E-state index is 0.0316. The van der Waals surface area contributed by atoms with Gasteiger partial charge >= 0.3 is 6.09 Å². The molecule has 0 spiro atoms. The zero-order chi connectivity index (χ0) is 23.4. The van der Waals surface area contributed by atoms with Crippen molar-refractivity contribution in [2.75, 3.05) is 6.54 Å². The van der Waals surface area contributed by atoms with Gasteiger partial charge in [-0.15, -0.1) is 0 Å². The molecule has 0 unspecified atom stereocenters. The summed E-state index contributed by atoms with van der Waals surface area (Å²) in [4.78, 5) is 52.4. The number of amides is 4. The highest BCUT2D eigenvalue weighted by atomic mass is 16.6. The molecule has 0 aromatic carbocycles. The van der Waals surface area contributed by atoms with Gasteiger partial charge < -0.3 is 21.1 Å². The molecule has 9 nitrogen and oxygen atoms in total. The summed E-state index contributed by atoms with van der Waals surface area (Å²) in [6, 6.07) is -1.89. The fourth-order valence-electron chi connectivity index (χ4n) is 6.20. The lowest BCUT2D eigenvalue weighted by molar-refractivity contribution is -0.132. The Labute approximate surface area is 188 Å². The SMILES string of the molecule is C[C@H]1[C@H]2[C@@H]([C@@H](C(=O)N[C@@H](C[C@@H]3CCNC3=O)C(N)=O)N1C(=O)OC(C)(C)C)[C@H]1C=C[C@@H]2C1. The minimum atomic E-state index is -0.972. The first kappa shape index (κ1) is 22.6. The van der Waals surface area contributed by atoms with Gasteiger partial charge in [0.25, 0.3) is 0 Å². The molecule has 0 aromatic heterocycles. The number of ether oxygens (including phenoxy) is 1. The number of hydrogen-bond acceptors (Lipinski definition) is 5.